The summed E-state index contributed by atoms with van der Waals surface area (Å²) in [4.78, 5) is 21.1. The Morgan fingerprint density at radius 2 is 2.14 bits per heavy atom. The molecule has 0 aliphatic rings. The van der Waals surface area contributed by atoms with Crippen molar-refractivity contribution in [3.63, 3.8) is 0 Å². The first-order valence-corrected chi connectivity index (χ1v) is 7.06. The lowest BCUT2D eigenvalue weighted by molar-refractivity contribution is -0.123. The number of nitrogens with two attached hydrogens (primary N) is 1. The van der Waals surface area contributed by atoms with Crippen LogP contribution in [-0.4, -0.2) is 26.1 Å². The molecule has 22 heavy (non-hydrogen) atoms. The van der Waals surface area contributed by atoms with E-state index in [0.29, 0.717) is 5.69 Å². The van der Waals surface area contributed by atoms with Crippen molar-refractivity contribution < 1.29 is 4.79 Å². The van der Waals surface area contributed by atoms with Crippen LogP contribution in [0.25, 0.3) is 10.9 Å². The molecular formula is C16H17N5O. The van der Waals surface area contributed by atoms with Crippen LogP contribution in [0.1, 0.15) is 25.1 Å². The van der Waals surface area contributed by atoms with E-state index < -0.39 is 11.3 Å². The van der Waals surface area contributed by atoms with Gasteiger partial charge >= 0.3 is 0 Å². The fraction of sp³-hybridized carbons (Fsp3) is 0.250. The molecule has 1 atom stereocenters. The van der Waals surface area contributed by atoms with Gasteiger partial charge in [0.2, 0.25) is 5.91 Å². The van der Waals surface area contributed by atoms with Gasteiger partial charge in [-0.15, -0.1) is 0 Å². The number of aromatic nitrogens is 4. The summed E-state index contributed by atoms with van der Waals surface area (Å²) in [6.45, 7) is 3.91. The zero-order valence-corrected chi connectivity index (χ0v) is 12.4. The minimum Gasteiger partial charge on any atom is -0.369 e. The van der Waals surface area contributed by atoms with Crippen LogP contribution in [0, 0.1) is 5.92 Å². The molecule has 0 bridgehead atoms. The lowest BCUT2D eigenvalue weighted by Crippen LogP contribution is -2.47. The number of carbonyl (C=O) groups excluding carboxylic acids is 1. The Bertz CT molecular complexity index is 812. The van der Waals surface area contributed by atoms with E-state index in [1.807, 2.05) is 26.0 Å². The molecule has 0 saturated carbocycles. The van der Waals surface area contributed by atoms with Gasteiger partial charge in [0.25, 0.3) is 0 Å². The highest BCUT2D eigenvalue weighted by molar-refractivity contribution is 5.91. The minimum atomic E-state index is -1.03. The molecule has 3 aromatic heterocycles. The SMILES string of the molecule is CC(C)C(C(N)=O)(c1cccnc1)c1cc2cn[nH]c2cn1. The number of carbonyl (C=O) groups is 1. The zero-order valence-electron chi connectivity index (χ0n) is 12.4. The van der Waals surface area contributed by atoms with Crippen LogP contribution in [0.5, 0.6) is 0 Å². The fourth-order valence-electron chi connectivity index (χ4n) is 2.98. The van der Waals surface area contributed by atoms with Gasteiger partial charge in [0.05, 0.1) is 23.6 Å². The van der Waals surface area contributed by atoms with Crippen molar-refractivity contribution in [2.24, 2.45) is 11.7 Å². The van der Waals surface area contributed by atoms with E-state index in [2.05, 4.69) is 20.2 Å². The predicted octanol–water partition coefficient (Wildman–Crippen LogP) is 1.78. The van der Waals surface area contributed by atoms with Gasteiger partial charge in [-0.1, -0.05) is 19.9 Å². The second-order valence-electron chi connectivity index (χ2n) is 5.60. The van der Waals surface area contributed by atoms with Crippen LogP contribution in [0.15, 0.2) is 43.0 Å². The van der Waals surface area contributed by atoms with E-state index in [9.17, 15) is 4.79 Å². The van der Waals surface area contributed by atoms with Gasteiger partial charge in [0.1, 0.15) is 5.41 Å². The average Bonchev–Trinajstić information content (AvgIpc) is 2.96. The number of pyridine rings is 2. The number of aromatic amines is 1. The number of rotatable bonds is 4. The van der Waals surface area contributed by atoms with E-state index in [1.54, 1.807) is 30.9 Å². The van der Waals surface area contributed by atoms with E-state index >= 15 is 0 Å². The van der Waals surface area contributed by atoms with Gasteiger partial charge in [0.15, 0.2) is 0 Å². The Morgan fingerprint density at radius 1 is 1.32 bits per heavy atom. The van der Waals surface area contributed by atoms with Crippen LogP contribution in [-0.2, 0) is 10.2 Å². The first kappa shape index (κ1) is 14.2. The Hall–Kier alpha value is -2.76. The van der Waals surface area contributed by atoms with E-state index in [-0.39, 0.29) is 5.92 Å². The van der Waals surface area contributed by atoms with Crippen molar-refractivity contribution in [2.45, 2.75) is 19.3 Å². The number of nitrogens with one attached hydrogen (secondary N) is 1. The summed E-state index contributed by atoms with van der Waals surface area (Å²) in [5, 5.41) is 7.74. The molecule has 112 valence electrons. The smallest absolute Gasteiger partial charge is 0.234 e. The van der Waals surface area contributed by atoms with Crippen LogP contribution < -0.4 is 5.73 Å². The summed E-state index contributed by atoms with van der Waals surface area (Å²) < 4.78 is 0. The molecule has 0 radical (unpaired) electrons. The molecular weight excluding hydrogens is 278 g/mol. The van der Waals surface area contributed by atoms with Gasteiger partial charge in [-0.3, -0.25) is 19.9 Å². The van der Waals surface area contributed by atoms with E-state index in [4.69, 9.17) is 5.73 Å². The summed E-state index contributed by atoms with van der Waals surface area (Å²) in [5.41, 5.74) is 6.97. The summed E-state index contributed by atoms with van der Waals surface area (Å²) in [5.74, 6) is -0.517. The number of hydrogen-bond donors (Lipinski definition) is 2. The van der Waals surface area contributed by atoms with Gasteiger partial charge in [0, 0.05) is 17.8 Å². The molecule has 1 unspecified atom stereocenters. The Morgan fingerprint density at radius 3 is 2.77 bits per heavy atom. The average molecular weight is 295 g/mol. The molecule has 0 aromatic carbocycles. The Kier molecular flexibility index (Phi) is 3.36. The lowest BCUT2D eigenvalue weighted by atomic mass is 9.69. The van der Waals surface area contributed by atoms with Crippen molar-refractivity contribution in [1.82, 2.24) is 20.2 Å². The van der Waals surface area contributed by atoms with Crippen LogP contribution in [0.4, 0.5) is 0 Å². The van der Waals surface area contributed by atoms with Crippen molar-refractivity contribution in [3.8, 4) is 0 Å². The third-order valence-electron chi connectivity index (χ3n) is 4.10. The number of H-pyrrole nitrogens is 1. The summed E-state index contributed by atoms with van der Waals surface area (Å²) in [7, 11) is 0. The largest absolute Gasteiger partial charge is 0.369 e. The number of fused-ring (bicyclic) bond motifs is 1. The lowest BCUT2D eigenvalue weighted by Gasteiger charge is -2.34. The molecule has 0 saturated heterocycles. The van der Waals surface area contributed by atoms with Crippen molar-refractivity contribution in [3.05, 3.63) is 54.2 Å². The normalized spacial score (nSPS) is 14.1. The molecule has 0 aliphatic carbocycles. The molecule has 6 heteroatoms. The molecule has 3 rings (SSSR count). The number of nitrogens with zero attached hydrogens (tertiary/aromatic N) is 3. The van der Waals surface area contributed by atoms with Crippen molar-refractivity contribution in [2.75, 3.05) is 0 Å². The molecule has 0 aliphatic heterocycles. The van der Waals surface area contributed by atoms with Gasteiger partial charge in [-0.25, -0.2) is 0 Å². The van der Waals surface area contributed by atoms with E-state index in [0.717, 1.165) is 16.5 Å². The maximum Gasteiger partial charge on any atom is 0.234 e. The minimum absolute atomic E-state index is 0.0777. The van der Waals surface area contributed by atoms with Crippen LogP contribution in [0.2, 0.25) is 0 Å². The first-order valence-electron chi connectivity index (χ1n) is 7.06. The zero-order chi connectivity index (χ0) is 15.7. The summed E-state index contributed by atoms with van der Waals surface area (Å²) in [6.07, 6.45) is 6.72. The molecule has 0 spiro atoms. The summed E-state index contributed by atoms with van der Waals surface area (Å²) in [6, 6.07) is 5.52. The second-order valence-corrected chi connectivity index (χ2v) is 5.60. The number of primary amides is 1. The van der Waals surface area contributed by atoms with Gasteiger partial charge in [-0.05, 0) is 23.6 Å². The van der Waals surface area contributed by atoms with Crippen molar-refractivity contribution >= 4 is 16.8 Å². The standard InChI is InChI=1S/C16H17N5O/c1-10(2)16(15(17)22,12-4-3-5-18-8-12)14-6-11-7-20-21-13(11)9-19-14/h3-10H,1-2H3,(H2,17,22)(H,20,21). The van der Waals surface area contributed by atoms with Crippen LogP contribution in [0.3, 0.4) is 0 Å². The maximum atomic E-state index is 12.5. The quantitative estimate of drug-likeness (QED) is 0.766. The van der Waals surface area contributed by atoms with Crippen molar-refractivity contribution in [1.29, 1.82) is 0 Å². The molecule has 0 fully saturated rings. The molecule has 3 N–H and O–H groups in total. The highest BCUT2D eigenvalue weighted by Crippen LogP contribution is 2.38. The van der Waals surface area contributed by atoms with Gasteiger partial charge < -0.3 is 5.73 Å². The molecule has 3 heterocycles. The number of amides is 1. The topological polar surface area (TPSA) is 97.5 Å². The third-order valence-corrected chi connectivity index (χ3v) is 4.10. The Balaban J connectivity index is 2.31. The molecule has 3 aromatic rings. The van der Waals surface area contributed by atoms with Crippen LogP contribution >= 0.6 is 0 Å². The predicted molar refractivity (Wildman–Crippen MR) is 82.9 cm³/mol. The third kappa shape index (κ3) is 1.95. The molecule has 6 nitrogen and oxygen atoms in total. The van der Waals surface area contributed by atoms with Gasteiger partial charge in [-0.2, -0.15) is 5.10 Å². The highest BCUT2D eigenvalue weighted by Gasteiger charge is 2.45. The van der Waals surface area contributed by atoms with E-state index in [1.165, 1.54) is 0 Å². The second kappa shape index (κ2) is 5.22. The fourth-order valence-corrected chi connectivity index (χ4v) is 2.98. The molecule has 1 amide bonds. The Labute approximate surface area is 127 Å². The number of hydrogen-bond acceptors (Lipinski definition) is 4. The monoisotopic (exact) mass is 295 g/mol. The highest BCUT2D eigenvalue weighted by atomic mass is 16.1. The summed E-state index contributed by atoms with van der Waals surface area (Å²) >= 11 is 0. The maximum absolute atomic E-state index is 12.5. The first-order chi connectivity index (χ1) is 10.6.